The number of hydrogen-bond donors (Lipinski definition) is 1. The maximum absolute atomic E-state index is 13.2. The molecule has 0 amide bonds. The Morgan fingerprint density at radius 3 is 2.53 bits per heavy atom. The molecule has 2 rings (SSSR count). The Balaban J connectivity index is 2.37. The number of piperidine rings is 1. The summed E-state index contributed by atoms with van der Waals surface area (Å²) in [5, 5.41) is -0.134. The van der Waals surface area contributed by atoms with Crippen molar-refractivity contribution in [3.63, 3.8) is 0 Å². The lowest BCUT2D eigenvalue weighted by Crippen LogP contribution is -2.38. The van der Waals surface area contributed by atoms with Crippen LogP contribution in [-0.4, -0.2) is 25.8 Å². The van der Waals surface area contributed by atoms with Crippen molar-refractivity contribution in [2.75, 3.05) is 18.8 Å². The Labute approximate surface area is 117 Å². The summed E-state index contributed by atoms with van der Waals surface area (Å²) in [7, 11) is -3.70. The molecule has 0 aliphatic carbocycles. The van der Waals surface area contributed by atoms with Crippen LogP contribution < -0.4 is 5.73 Å². The number of rotatable bonds is 2. The Kier molecular flexibility index (Phi) is 4.03. The number of anilines is 1. The highest BCUT2D eigenvalue weighted by molar-refractivity contribution is 7.89. The van der Waals surface area contributed by atoms with Crippen LogP contribution in [0.25, 0.3) is 0 Å². The first-order chi connectivity index (χ1) is 8.82. The van der Waals surface area contributed by atoms with Crippen LogP contribution in [-0.2, 0) is 10.0 Å². The molecule has 19 heavy (non-hydrogen) atoms. The zero-order valence-corrected chi connectivity index (χ0v) is 12.1. The summed E-state index contributed by atoms with van der Waals surface area (Å²) in [6.07, 6.45) is 1.63. The van der Waals surface area contributed by atoms with Gasteiger partial charge in [0.05, 0.1) is 10.7 Å². The summed E-state index contributed by atoms with van der Waals surface area (Å²) < 4.78 is 39.5. The highest BCUT2D eigenvalue weighted by atomic mass is 35.5. The smallest absolute Gasteiger partial charge is 0.244 e. The highest BCUT2D eigenvalue weighted by Crippen LogP contribution is 2.30. The minimum absolute atomic E-state index is 0.123. The number of sulfonamides is 1. The molecule has 106 valence electrons. The van der Waals surface area contributed by atoms with Crippen molar-refractivity contribution in [1.82, 2.24) is 4.31 Å². The van der Waals surface area contributed by atoms with Crippen LogP contribution in [0.4, 0.5) is 10.1 Å². The van der Waals surface area contributed by atoms with Crippen molar-refractivity contribution in [3.05, 3.63) is 23.0 Å². The van der Waals surface area contributed by atoms with Crippen LogP contribution in [0.15, 0.2) is 17.0 Å². The van der Waals surface area contributed by atoms with Gasteiger partial charge in [0.15, 0.2) is 0 Å². The molecule has 1 aliphatic heterocycles. The van der Waals surface area contributed by atoms with E-state index in [0.717, 1.165) is 25.0 Å². The van der Waals surface area contributed by atoms with E-state index < -0.39 is 15.8 Å². The predicted molar refractivity (Wildman–Crippen MR) is 73.0 cm³/mol. The SMILES string of the molecule is CC1CCN(S(=O)(=O)c2cc(N)c(F)cc2Cl)CC1. The number of nitrogens with zero attached hydrogens (tertiary/aromatic N) is 1. The van der Waals surface area contributed by atoms with Gasteiger partial charge in [-0.3, -0.25) is 0 Å². The zero-order chi connectivity index (χ0) is 14.2. The topological polar surface area (TPSA) is 63.4 Å². The molecule has 0 spiro atoms. The second-order valence-electron chi connectivity index (χ2n) is 4.89. The number of hydrogen-bond acceptors (Lipinski definition) is 3. The monoisotopic (exact) mass is 306 g/mol. The molecule has 4 nitrogen and oxygen atoms in total. The van der Waals surface area contributed by atoms with Gasteiger partial charge in [-0.2, -0.15) is 4.31 Å². The molecule has 0 atom stereocenters. The van der Waals surface area contributed by atoms with Gasteiger partial charge in [0, 0.05) is 13.1 Å². The van der Waals surface area contributed by atoms with Crippen molar-refractivity contribution in [1.29, 1.82) is 0 Å². The molecule has 0 bridgehead atoms. The van der Waals surface area contributed by atoms with E-state index in [9.17, 15) is 12.8 Å². The number of nitrogens with two attached hydrogens (primary N) is 1. The van der Waals surface area contributed by atoms with Crippen molar-refractivity contribution >= 4 is 27.3 Å². The van der Waals surface area contributed by atoms with Gasteiger partial charge in [0.1, 0.15) is 10.7 Å². The molecule has 0 radical (unpaired) electrons. The van der Waals surface area contributed by atoms with Crippen LogP contribution in [0.2, 0.25) is 5.02 Å². The number of benzene rings is 1. The number of halogens is 2. The molecule has 0 saturated carbocycles. The Hall–Kier alpha value is -0.850. The van der Waals surface area contributed by atoms with Crippen LogP contribution >= 0.6 is 11.6 Å². The minimum Gasteiger partial charge on any atom is -0.396 e. The molecular weight excluding hydrogens is 291 g/mol. The van der Waals surface area contributed by atoms with Crippen molar-refractivity contribution in [2.24, 2.45) is 5.92 Å². The van der Waals surface area contributed by atoms with E-state index in [-0.39, 0.29) is 15.6 Å². The third-order valence-electron chi connectivity index (χ3n) is 3.41. The fraction of sp³-hybridized carbons (Fsp3) is 0.500. The van der Waals surface area contributed by atoms with Crippen LogP contribution in [0.5, 0.6) is 0 Å². The van der Waals surface area contributed by atoms with Gasteiger partial charge in [-0.15, -0.1) is 0 Å². The largest absolute Gasteiger partial charge is 0.396 e. The molecule has 1 fully saturated rings. The number of nitrogen functional groups attached to an aromatic ring is 1. The first kappa shape index (κ1) is 14.6. The molecule has 1 aromatic carbocycles. The van der Waals surface area contributed by atoms with E-state index in [0.29, 0.717) is 19.0 Å². The fourth-order valence-electron chi connectivity index (χ4n) is 2.11. The molecule has 0 aromatic heterocycles. The molecule has 2 N–H and O–H groups in total. The summed E-state index contributed by atoms with van der Waals surface area (Å²) in [4.78, 5) is -0.123. The van der Waals surface area contributed by atoms with Gasteiger partial charge >= 0.3 is 0 Å². The van der Waals surface area contributed by atoms with Crippen molar-refractivity contribution in [2.45, 2.75) is 24.7 Å². The average Bonchev–Trinajstić information content (AvgIpc) is 2.34. The Bertz CT molecular complexity index is 584. The summed E-state index contributed by atoms with van der Waals surface area (Å²) >= 11 is 5.83. The summed E-state index contributed by atoms with van der Waals surface area (Å²) in [6.45, 7) is 3.00. The lowest BCUT2D eigenvalue weighted by molar-refractivity contribution is 0.288. The molecule has 1 aliphatic rings. The van der Waals surface area contributed by atoms with Gasteiger partial charge in [-0.1, -0.05) is 18.5 Å². The van der Waals surface area contributed by atoms with E-state index >= 15 is 0 Å². The summed E-state index contributed by atoms with van der Waals surface area (Å²) in [6, 6.07) is 2.03. The molecule has 0 unspecified atom stereocenters. The molecule has 7 heteroatoms. The fourth-order valence-corrected chi connectivity index (χ4v) is 4.10. The summed E-state index contributed by atoms with van der Waals surface area (Å²) in [5.41, 5.74) is 5.21. The lowest BCUT2D eigenvalue weighted by Gasteiger charge is -2.29. The van der Waals surface area contributed by atoms with Crippen molar-refractivity contribution < 1.29 is 12.8 Å². The molecular formula is C12H16ClFN2O2S. The lowest BCUT2D eigenvalue weighted by atomic mass is 10.0. The first-order valence-electron chi connectivity index (χ1n) is 6.07. The third kappa shape index (κ3) is 2.85. The maximum atomic E-state index is 13.2. The zero-order valence-electron chi connectivity index (χ0n) is 10.6. The van der Waals surface area contributed by atoms with E-state index in [1.165, 1.54) is 4.31 Å². The maximum Gasteiger partial charge on any atom is 0.244 e. The summed E-state index contributed by atoms with van der Waals surface area (Å²) in [5.74, 6) is -0.198. The van der Waals surface area contributed by atoms with E-state index in [1.807, 2.05) is 0 Å². The highest BCUT2D eigenvalue weighted by Gasteiger charge is 2.30. The predicted octanol–water partition coefficient (Wildman–Crippen LogP) is 2.48. The second kappa shape index (κ2) is 5.26. The van der Waals surface area contributed by atoms with Gasteiger partial charge in [0.25, 0.3) is 0 Å². The van der Waals surface area contributed by atoms with Crippen LogP contribution in [0.1, 0.15) is 19.8 Å². The molecule has 1 saturated heterocycles. The molecule has 1 heterocycles. The van der Waals surface area contributed by atoms with Gasteiger partial charge in [-0.05, 0) is 30.9 Å². The quantitative estimate of drug-likeness (QED) is 0.854. The Morgan fingerprint density at radius 1 is 1.37 bits per heavy atom. The minimum atomic E-state index is -3.70. The van der Waals surface area contributed by atoms with E-state index in [1.54, 1.807) is 0 Å². The first-order valence-corrected chi connectivity index (χ1v) is 7.89. The van der Waals surface area contributed by atoms with Crippen molar-refractivity contribution in [3.8, 4) is 0 Å². The third-order valence-corrected chi connectivity index (χ3v) is 5.77. The van der Waals surface area contributed by atoms with Gasteiger partial charge < -0.3 is 5.73 Å². The second-order valence-corrected chi connectivity index (χ2v) is 7.20. The van der Waals surface area contributed by atoms with Gasteiger partial charge in [-0.25, -0.2) is 12.8 Å². The van der Waals surface area contributed by atoms with Crippen LogP contribution in [0, 0.1) is 11.7 Å². The normalized spacial score (nSPS) is 18.7. The van der Waals surface area contributed by atoms with Gasteiger partial charge in [0.2, 0.25) is 10.0 Å². The Morgan fingerprint density at radius 2 is 1.95 bits per heavy atom. The van der Waals surface area contributed by atoms with E-state index in [2.05, 4.69) is 6.92 Å². The average molecular weight is 307 g/mol. The van der Waals surface area contributed by atoms with Crippen LogP contribution in [0.3, 0.4) is 0 Å². The standard InChI is InChI=1S/C12H16ClFN2O2S/c1-8-2-4-16(5-3-8)19(17,18)12-7-11(15)10(14)6-9(12)13/h6-8H,2-5,15H2,1H3. The molecule has 1 aromatic rings. The van der Waals surface area contributed by atoms with E-state index in [4.69, 9.17) is 17.3 Å².